The van der Waals surface area contributed by atoms with E-state index in [2.05, 4.69) is 17.1 Å². The first-order chi connectivity index (χ1) is 16.8. The van der Waals surface area contributed by atoms with Crippen LogP contribution in [0.5, 0.6) is 5.75 Å². The van der Waals surface area contributed by atoms with Crippen LogP contribution >= 0.6 is 0 Å². The Morgan fingerprint density at radius 2 is 1.71 bits per heavy atom. The summed E-state index contributed by atoms with van der Waals surface area (Å²) in [6.07, 6.45) is 2.99. The molecule has 1 amide bonds. The van der Waals surface area contributed by atoms with E-state index in [-0.39, 0.29) is 10.6 Å². The number of sulfonamides is 1. The number of anilines is 1. The molecule has 0 fully saturated rings. The van der Waals surface area contributed by atoms with Crippen molar-refractivity contribution in [3.8, 4) is 5.75 Å². The number of hydrogen-bond donors (Lipinski definition) is 1. The summed E-state index contributed by atoms with van der Waals surface area (Å²) in [6, 6.07) is 19.5. The molecule has 1 N–H and O–H groups in total. The Labute approximate surface area is 202 Å². The van der Waals surface area contributed by atoms with E-state index in [1.165, 1.54) is 54.7 Å². The van der Waals surface area contributed by atoms with Crippen LogP contribution in [0.15, 0.2) is 102 Å². The molecule has 0 atom stereocenters. The van der Waals surface area contributed by atoms with E-state index in [0.29, 0.717) is 22.2 Å². The highest BCUT2D eigenvalue weighted by Gasteiger charge is 2.31. The van der Waals surface area contributed by atoms with Gasteiger partial charge in [0.05, 0.1) is 16.0 Å². The van der Waals surface area contributed by atoms with Gasteiger partial charge in [-0.15, -0.1) is 0 Å². The highest BCUT2D eigenvalue weighted by Crippen LogP contribution is 2.31. The van der Waals surface area contributed by atoms with E-state index < -0.39 is 33.1 Å². The largest absolute Gasteiger partial charge is 0.490 e. The van der Waals surface area contributed by atoms with Crippen molar-refractivity contribution in [1.29, 1.82) is 0 Å². The van der Waals surface area contributed by atoms with Crippen LogP contribution in [0.3, 0.4) is 0 Å². The number of nitro groups is 1. The van der Waals surface area contributed by atoms with E-state index in [9.17, 15) is 23.3 Å². The number of para-hydroxylation sites is 2. The zero-order valence-corrected chi connectivity index (χ0v) is 19.3. The molecule has 0 heterocycles. The second kappa shape index (κ2) is 11.6. The Morgan fingerprint density at radius 1 is 1.06 bits per heavy atom. The average molecular weight is 495 g/mol. The molecule has 3 aromatic rings. The fraction of sp³-hybridized carbons (Fsp3) is 0.0833. The molecule has 35 heavy (non-hydrogen) atoms. The van der Waals surface area contributed by atoms with Crippen LogP contribution in [-0.4, -0.2) is 38.6 Å². The van der Waals surface area contributed by atoms with Gasteiger partial charge in [-0.1, -0.05) is 43.0 Å². The number of hydrazone groups is 1. The van der Waals surface area contributed by atoms with Crippen molar-refractivity contribution in [3.05, 3.63) is 107 Å². The molecule has 0 aromatic heterocycles. The summed E-state index contributed by atoms with van der Waals surface area (Å²) >= 11 is 0. The van der Waals surface area contributed by atoms with E-state index in [1.807, 2.05) is 0 Å². The van der Waals surface area contributed by atoms with Gasteiger partial charge in [0.2, 0.25) is 0 Å². The standard InChI is InChI=1S/C24H22N4O6S/c1-2-16-34-20-14-12-19(13-15-20)17-25-26-24(29)18-27(22-10-6-7-11-23(22)28(30)31)35(32,33)21-8-4-3-5-9-21/h2-15,17H,1,16,18H2,(H,26,29)/b25-17-. The number of carbonyl (C=O) groups is 1. The van der Waals surface area contributed by atoms with Gasteiger partial charge in [-0.2, -0.15) is 5.10 Å². The van der Waals surface area contributed by atoms with E-state index >= 15 is 0 Å². The Kier molecular flexibility index (Phi) is 8.30. The number of carbonyl (C=O) groups excluding carboxylic acids is 1. The second-order valence-corrected chi connectivity index (χ2v) is 8.89. The summed E-state index contributed by atoms with van der Waals surface area (Å²) in [6.45, 7) is 3.21. The fourth-order valence-electron chi connectivity index (χ4n) is 3.00. The summed E-state index contributed by atoms with van der Waals surface area (Å²) in [5.41, 5.74) is 2.22. The summed E-state index contributed by atoms with van der Waals surface area (Å²) in [7, 11) is -4.30. The molecule has 0 bridgehead atoms. The van der Waals surface area contributed by atoms with Crippen molar-refractivity contribution in [2.75, 3.05) is 17.5 Å². The number of nitrogens with one attached hydrogen (secondary N) is 1. The van der Waals surface area contributed by atoms with Gasteiger partial charge in [-0.3, -0.25) is 14.9 Å². The minimum Gasteiger partial charge on any atom is -0.490 e. The first-order valence-electron chi connectivity index (χ1n) is 10.3. The topological polar surface area (TPSA) is 131 Å². The SMILES string of the molecule is C=CCOc1ccc(/C=N\NC(=O)CN(c2ccccc2[N+](=O)[O-])S(=O)(=O)c2ccccc2)cc1. The molecule has 180 valence electrons. The van der Waals surface area contributed by atoms with Crippen LogP contribution < -0.4 is 14.5 Å². The van der Waals surface area contributed by atoms with Crippen LogP contribution in [-0.2, 0) is 14.8 Å². The highest BCUT2D eigenvalue weighted by molar-refractivity contribution is 7.92. The average Bonchev–Trinajstić information content (AvgIpc) is 2.87. The lowest BCUT2D eigenvalue weighted by molar-refractivity contribution is -0.384. The van der Waals surface area contributed by atoms with E-state index in [1.54, 1.807) is 36.4 Å². The molecule has 0 radical (unpaired) electrons. The van der Waals surface area contributed by atoms with E-state index in [4.69, 9.17) is 4.74 Å². The molecule has 0 saturated carbocycles. The lowest BCUT2D eigenvalue weighted by Crippen LogP contribution is -2.39. The third-order valence-corrected chi connectivity index (χ3v) is 6.39. The molecule has 11 heteroatoms. The first-order valence-corrected chi connectivity index (χ1v) is 11.7. The fourth-order valence-corrected chi connectivity index (χ4v) is 4.45. The molecule has 0 saturated heterocycles. The monoisotopic (exact) mass is 494 g/mol. The first kappa shape index (κ1) is 25.1. The van der Waals surface area contributed by atoms with Gasteiger partial charge in [-0.25, -0.2) is 18.1 Å². The Balaban J connectivity index is 1.82. The molecule has 0 aliphatic heterocycles. The lowest BCUT2D eigenvalue weighted by atomic mass is 10.2. The van der Waals surface area contributed by atoms with Gasteiger partial charge in [0.25, 0.3) is 21.6 Å². The van der Waals surface area contributed by atoms with Crippen molar-refractivity contribution < 1.29 is 22.9 Å². The molecular weight excluding hydrogens is 472 g/mol. The maximum atomic E-state index is 13.3. The smallest absolute Gasteiger partial charge is 0.293 e. The molecular formula is C24H22N4O6S. The molecule has 0 aliphatic carbocycles. The van der Waals surface area contributed by atoms with Gasteiger partial charge < -0.3 is 4.74 Å². The molecule has 0 spiro atoms. The maximum absolute atomic E-state index is 13.3. The minimum atomic E-state index is -4.30. The Morgan fingerprint density at radius 3 is 2.37 bits per heavy atom. The number of amides is 1. The number of hydrogen-bond acceptors (Lipinski definition) is 7. The molecule has 3 aromatic carbocycles. The number of nitro benzene ring substituents is 1. The highest BCUT2D eigenvalue weighted by atomic mass is 32.2. The third kappa shape index (κ3) is 6.51. The van der Waals surface area contributed by atoms with Gasteiger partial charge in [0.1, 0.15) is 24.6 Å². The van der Waals surface area contributed by atoms with Crippen LogP contribution in [0.25, 0.3) is 0 Å². The van der Waals surface area contributed by atoms with Gasteiger partial charge in [0, 0.05) is 6.07 Å². The molecule has 0 aliphatic rings. The Hall–Kier alpha value is -4.51. The van der Waals surface area contributed by atoms with Crippen molar-refractivity contribution in [2.24, 2.45) is 5.10 Å². The van der Waals surface area contributed by atoms with Crippen LogP contribution in [0.1, 0.15) is 5.56 Å². The van der Waals surface area contributed by atoms with Crippen LogP contribution in [0.2, 0.25) is 0 Å². The Bertz CT molecular complexity index is 1330. The quantitative estimate of drug-likeness (QED) is 0.188. The number of ether oxygens (including phenoxy) is 1. The predicted molar refractivity (Wildman–Crippen MR) is 132 cm³/mol. The molecule has 10 nitrogen and oxygen atoms in total. The zero-order valence-electron chi connectivity index (χ0n) is 18.5. The van der Waals surface area contributed by atoms with Crippen molar-refractivity contribution in [2.45, 2.75) is 4.90 Å². The number of nitrogens with zero attached hydrogens (tertiary/aromatic N) is 3. The van der Waals surface area contributed by atoms with Gasteiger partial charge in [-0.05, 0) is 48.0 Å². The predicted octanol–water partition coefficient (Wildman–Crippen LogP) is 3.51. The molecule has 3 rings (SSSR count). The van der Waals surface area contributed by atoms with Crippen LogP contribution in [0.4, 0.5) is 11.4 Å². The summed E-state index contributed by atoms with van der Waals surface area (Å²) in [5.74, 6) is -0.151. The second-order valence-electron chi connectivity index (χ2n) is 7.03. The minimum absolute atomic E-state index is 0.117. The number of benzene rings is 3. The summed E-state index contributed by atoms with van der Waals surface area (Å²) in [5, 5.41) is 15.4. The lowest BCUT2D eigenvalue weighted by Gasteiger charge is -2.23. The normalized spacial score (nSPS) is 11.1. The zero-order chi connectivity index (χ0) is 25.3. The van der Waals surface area contributed by atoms with Crippen molar-refractivity contribution in [3.63, 3.8) is 0 Å². The third-order valence-electron chi connectivity index (χ3n) is 4.62. The maximum Gasteiger partial charge on any atom is 0.293 e. The van der Waals surface area contributed by atoms with E-state index in [0.717, 1.165) is 0 Å². The summed E-state index contributed by atoms with van der Waals surface area (Å²) < 4.78 is 32.7. The van der Waals surface area contributed by atoms with Gasteiger partial charge in [0.15, 0.2) is 0 Å². The van der Waals surface area contributed by atoms with Gasteiger partial charge >= 0.3 is 0 Å². The van der Waals surface area contributed by atoms with Crippen LogP contribution in [0, 0.1) is 10.1 Å². The molecule has 0 unspecified atom stereocenters. The number of rotatable bonds is 11. The van der Waals surface area contributed by atoms with Crippen molar-refractivity contribution >= 4 is 33.5 Å². The van der Waals surface area contributed by atoms with Crippen molar-refractivity contribution in [1.82, 2.24) is 5.43 Å². The summed E-state index contributed by atoms with van der Waals surface area (Å²) in [4.78, 5) is 23.3.